The Bertz CT molecular complexity index is 168. The first-order valence-corrected chi connectivity index (χ1v) is 3.90. The van der Waals surface area contributed by atoms with Crippen LogP contribution in [0.3, 0.4) is 0 Å². The van der Waals surface area contributed by atoms with E-state index in [1.807, 2.05) is 6.92 Å². The summed E-state index contributed by atoms with van der Waals surface area (Å²) in [6.07, 6.45) is -4.27. The highest BCUT2D eigenvalue weighted by molar-refractivity contribution is 4.81. The molecule has 1 rings (SSSR count). The van der Waals surface area contributed by atoms with Gasteiger partial charge in [-0.1, -0.05) is 6.92 Å². The molecule has 1 aliphatic rings. The second kappa shape index (κ2) is 3.81. The summed E-state index contributed by atoms with van der Waals surface area (Å²) in [5.41, 5.74) is 2.21. The lowest BCUT2D eigenvalue weighted by atomic mass is 9.89. The molecule has 13 heavy (non-hydrogen) atoms. The first kappa shape index (κ1) is 10.7. The van der Waals surface area contributed by atoms with Crippen LogP contribution >= 0.6 is 0 Å². The van der Waals surface area contributed by atoms with E-state index < -0.39 is 12.8 Å². The van der Waals surface area contributed by atoms with E-state index in [0.29, 0.717) is 19.8 Å². The monoisotopic (exact) mass is 199 g/mol. The average Bonchev–Trinajstić information content (AvgIpc) is 1.93. The second-order valence-corrected chi connectivity index (χ2v) is 3.53. The van der Waals surface area contributed by atoms with Gasteiger partial charge in [0.05, 0.1) is 13.2 Å². The van der Waals surface area contributed by atoms with E-state index in [1.54, 1.807) is 0 Å². The summed E-state index contributed by atoms with van der Waals surface area (Å²) in [7, 11) is 0. The maximum absolute atomic E-state index is 11.6. The highest BCUT2D eigenvalue weighted by Crippen LogP contribution is 2.25. The Morgan fingerprint density at radius 1 is 1.46 bits per heavy atom. The van der Waals surface area contributed by atoms with Gasteiger partial charge in [0.1, 0.15) is 0 Å². The molecule has 0 aromatic carbocycles. The molecule has 1 aliphatic heterocycles. The van der Waals surface area contributed by atoms with E-state index in [4.69, 9.17) is 4.74 Å². The van der Waals surface area contributed by atoms with Crippen LogP contribution in [0.25, 0.3) is 0 Å². The molecule has 0 aliphatic carbocycles. The minimum Gasteiger partial charge on any atom is -0.380 e. The van der Waals surface area contributed by atoms with E-state index in [9.17, 15) is 13.2 Å². The van der Waals surface area contributed by atoms with Gasteiger partial charge in [-0.2, -0.15) is 13.2 Å². The summed E-state index contributed by atoms with van der Waals surface area (Å²) in [6.45, 7) is 2.16. The van der Waals surface area contributed by atoms with Gasteiger partial charge in [0, 0.05) is 12.0 Å². The van der Waals surface area contributed by atoms with Gasteiger partial charge in [-0.3, -0.25) is 4.84 Å². The molecule has 1 saturated heterocycles. The third-order valence-corrected chi connectivity index (χ3v) is 1.74. The van der Waals surface area contributed by atoms with Crippen molar-refractivity contribution in [3.63, 3.8) is 0 Å². The standard InChI is InChI=1S/C7H12F3NO2/c1-6(3-12-4-6)2-11-13-5-7(8,9)10/h11H,2-5H2,1H3. The van der Waals surface area contributed by atoms with E-state index >= 15 is 0 Å². The molecule has 0 saturated carbocycles. The predicted molar refractivity (Wildman–Crippen MR) is 38.9 cm³/mol. The van der Waals surface area contributed by atoms with Crippen molar-refractivity contribution in [3.8, 4) is 0 Å². The third kappa shape index (κ3) is 3.93. The molecular weight excluding hydrogens is 187 g/mol. The van der Waals surface area contributed by atoms with Crippen molar-refractivity contribution in [2.24, 2.45) is 5.41 Å². The zero-order valence-electron chi connectivity index (χ0n) is 7.28. The number of hydrogen-bond donors (Lipinski definition) is 1. The second-order valence-electron chi connectivity index (χ2n) is 3.53. The highest BCUT2D eigenvalue weighted by Gasteiger charge is 2.34. The Morgan fingerprint density at radius 3 is 2.46 bits per heavy atom. The van der Waals surface area contributed by atoms with Gasteiger partial charge in [0.2, 0.25) is 0 Å². The number of ether oxygens (including phenoxy) is 1. The maximum Gasteiger partial charge on any atom is 0.413 e. The maximum atomic E-state index is 11.6. The van der Waals surface area contributed by atoms with Gasteiger partial charge in [0.25, 0.3) is 0 Å². The minimum atomic E-state index is -4.27. The predicted octanol–water partition coefficient (Wildman–Crippen LogP) is 1.11. The quantitative estimate of drug-likeness (QED) is 0.543. The van der Waals surface area contributed by atoms with Crippen molar-refractivity contribution < 1.29 is 22.7 Å². The van der Waals surface area contributed by atoms with Gasteiger partial charge >= 0.3 is 6.18 Å². The summed E-state index contributed by atoms with van der Waals surface area (Å²) < 4.78 is 39.7. The Kier molecular flexibility index (Phi) is 3.15. The highest BCUT2D eigenvalue weighted by atomic mass is 19.4. The number of alkyl halides is 3. The largest absolute Gasteiger partial charge is 0.413 e. The molecule has 3 nitrogen and oxygen atoms in total. The lowest BCUT2D eigenvalue weighted by molar-refractivity contribution is -0.197. The summed E-state index contributed by atoms with van der Waals surface area (Å²) in [5.74, 6) is 0. The zero-order chi connectivity index (χ0) is 9.95. The lowest BCUT2D eigenvalue weighted by Crippen LogP contribution is -2.47. The Labute approximate surface area is 74.2 Å². The van der Waals surface area contributed by atoms with Gasteiger partial charge in [-0.05, 0) is 0 Å². The molecule has 0 bridgehead atoms. The van der Waals surface area contributed by atoms with Crippen LogP contribution in [0.2, 0.25) is 0 Å². The number of rotatable bonds is 4. The minimum absolute atomic E-state index is 0.0778. The summed E-state index contributed by atoms with van der Waals surface area (Å²) >= 11 is 0. The fraction of sp³-hybridized carbons (Fsp3) is 1.00. The molecule has 0 aromatic rings. The van der Waals surface area contributed by atoms with Gasteiger partial charge in [0.15, 0.2) is 6.61 Å². The van der Waals surface area contributed by atoms with Crippen LogP contribution in [0.5, 0.6) is 0 Å². The lowest BCUT2D eigenvalue weighted by Gasteiger charge is -2.37. The van der Waals surface area contributed by atoms with Crippen molar-refractivity contribution in [1.29, 1.82) is 0 Å². The zero-order valence-corrected chi connectivity index (χ0v) is 7.28. The average molecular weight is 199 g/mol. The third-order valence-electron chi connectivity index (χ3n) is 1.74. The molecule has 0 unspecified atom stereocenters. The van der Waals surface area contributed by atoms with Gasteiger partial charge < -0.3 is 4.74 Å². The van der Waals surface area contributed by atoms with Crippen LogP contribution in [0.1, 0.15) is 6.92 Å². The molecule has 1 fully saturated rings. The van der Waals surface area contributed by atoms with Gasteiger partial charge in [-0.25, -0.2) is 5.48 Å². The molecule has 0 aromatic heterocycles. The van der Waals surface area contributed by atoms with E-state index in [1.165, 1.54) is 0 Å². The van der Waals surface area contributed by atoms with Crippen LogP contribution in [0.15, 0.2) is 0 Å². The normalized spacial score (nSPS) is 21.2. The van der Waals surface area contributed by atoms with E-state index in [0.717, 1.165) is 0 Å². The molecule has 1 N–H and O–H groups in total. The SMILES string of the molecule is CC1(CNOCC(F)(F)F)COC1. The van der Waals surface area contributed by atoms with Crippen LogP contribution < -0.4 is 5.48 Å². The number of hydrogen-bond acceptors (Lipinski definition) is 3. The van der Waals surface area contributed by atoms with Crippen LogP contribution in [0.4, 0.5) is 13.2 Å². The van der Waals surface area contributed by atoms with E-state index in [2.05, 4.69) is 10.3 Å². The fourth-order valence-corrected chi connectivity index (χ4v) is 0.911. The summed E-state index contributed by atoms with van der Waals surface area (Å²) in [6, 6.07) is 0. The Balaban J connectivity index is 2.01. The smallest absolute Gasteiger partial charge is 0.380 e. The molecule has 0 spiro atoms. The number of nitrogens with one attached hydrogen (secondary N) is 1. The Morgan fingerprint density at radius 2 is 2.08 bits per heavy atom. The van der Waals surface area contributed by atoms with Crippen LogP contribution in [-0.2, 0) is 9.57 Å². The molecule has 0 radical (unpaired) electrons. The van der Waals surface area contributed by atoms with Crippen molar-refractivity contribution in [2.75, 3.05) is 26.4 Å². The number of hydroxylamine groups is 1. The molecule has 6 heteroatoms. The topological polar surface area (TPSA) is 30.5 Å². The molecule has 0 amide bonds. The molecular formula is C7H12F3NO2. The van der Waals surface area contributed by atoms with Crippen LogP contribution in [-0.4, -0.2) is 32.5 Å². The Hall–Kier alpha value is -0.330. The van der Waals surface area contributed by atoms with E-state index in [-0.39, 0.29) is 5.41 Å². The summed E-state index contributed by atoms with van der Waals surface area (Å²) in [5, 5.41) is 0. The summed E-state index contributed by atoms with van der Waals surface area (Å²) in [4.78, 5) is 4.24. The van der Waals surface area contributed by atoms with Gasteiger partial charge in [-0.15, -0.1) is 0 Å². The van der Waals surface area contributed by atoms with Crippen molar-refractivity contribution >= 4 is 0 Å². The molecule has 0 atom stereocenters. The number of halogens is 3. The van der Waals surface area contributed by atoms with Crippen molar-refractivity contribution in [2.45, 2.75) is 13.1 Å². The van der Waals surface area contributed by atoms with Crippen molar-refractivity contribution in [1.82, 2.24) is 5.48 Å². The molecule has 78 valence electrons. The first-order chi connectivity index (χ1) is 5.91. The first-order valence-electron chi connectivity index (χ1n) is 3.90. The van der Waals surface area contributed by atoms with Crippen LogP contribution in [0, 0.1) is 5.41 Å². The van der Waals surface area contributed by atoms with Crippen molar-refractivity contribution in [3.05, 3.63) is 0 Å². The fourth-order valence-electron chi connectivity index (χ4n) is 0.911. The molecule has 1 heterocycles.